The molecule has 0 N–H and O–H groups in total. The molecule has 26 heavy (non-hydrogen) atoms. The molecule has 1 aromatic heterocycles. The summed E-state index contributed by atoms with van der Waals surface area (Å²) in [6.07, 6.45) is 2.47. The van der Waals surface area contributed by atoms with Gasteiger partial charge >= 0.3 is 6.55 Å². The Labute approximate surface area is 149 Å². The van der Waals surface area contributed by atoms with Crippen molar-refractivity contribution in [1.29, 1.82) is 0 Å². The van der Waals surface area contributed by atoms with Crippen LogP contribution >= 0.6 is 0 Å². The largest absolute Gasteiger partial charge is 0.457 e. The van der Waals surface area contributed by atoms with Crippen molar-refractivity contribution < 1.29 is 18.3 Å². The molecule has 0 saturated carbocycles. The molecule has 0 radical (unpaired) electrons. The van der Waals surface area contributed by atoms with Crippen molar-refractivity contribution >= 4 is 5.91 Å². The first-order chi connectivity index (χ1) is 12.6. The highest BCUT2D eigenvalue weighted by Gasteiger charge is 2.20. The third kappa shape index (κ3) is 3.88. The fraction of sp³-hybridized carbons (Fsp3) is 0.158. The number of nitrogens with zero attached hydrogens (tertiary/aromatic N) is 3. The number of para-hydroxylation sites is 2. The number of hydrogen-bond donors (Lipinski definition) is 0. The van der Waals surface area contributed by atoms with Gasteiger partial charge in [-0.05, 0) is 24.3 Å². The molecule has 0 atom stereocenters. The lowest BCUT2D eigenvalue weighted by molar-refractivity contribution is 0.0611. The van der Waals surface area contributed by atoms with Crippen LogP contribution in [-0.4, -0.2) is 27.4 Å². The topological polar surface area (TPSA) is 47.4 Å². The molecule has 0 aliphatic heterocycles. The fourth-order valence-electron chi connectivity index (χ4n) is 2.48. The molecule has 0 unspecified atom stereocenters. The summed E-state index contributed by atoms with van der Waals surface area (Å²) in [7, 11) is 1.53. The van der Waals surface area contributed by atoms with E-state index >= 15 is 0 Å². The highest BCUT2D eigenvalue weighted by atomic mass is 19.3. The van der Waals surface area contributed by atoms with Crippen molar-refractivity contribution in [1.82, 2.24) is 14.5 Å². The molecular weight excluding hydrogens is 340 g/mol. The van der Waals surface area contributed by atoms with Crippen LogP contribution in [0.4, 0.5) is 8.78 Å². The first-order valence-electron chi connectivity index (χ1n) is 7.93. The van der Waals surface area contributed by atoms with Crippen molar-refractivity contribution in [2.75, 3.05) is 7.05 Å². The Morgan fingerprint density at radius 3 is 2.58 bits per heavy atom. The lowest BCUT2D eigenvalue weighted by Gasteiger charge is -2.19. The SMILES string of the molecule is CN(Cc1nccn1C(F)F)C(=O)c1ccccc1Oc1ccccc1. The number of carbonyl (C=O) groups is 1. The summed E-state index contributed by atoms with van der Waals surface area (Å²) in [5.74, 6) is 0.758. The van der Waals surface area contributed by atoms with Gasteiger partial charge in [-0.15, -0.1) is 0 Å². The van der Waals surface area contributed by atoms with Crippen LogP contribution in [0.2, 0.25) is 0 Å². The quantitative estimate of drug-likeness (QED) is 0.659. The lowest BCUT2D eigenvalue weighted by atomic mass is 10.1. The van der Waals surface area contributed by atoms with Crippen LogP contribution in [0.3, 0.4) is 0 Å². The van der Waals surface area contributed by atoms with E-state index in [-0.39, 0.29) is 18.3 Å². The summed E-state index contributed by atoms with van der Waals surface area (Å²) >= 11 is 0. The summed E-state index contributed by atoms with van der Waals surface area (Å²) in [5, 5.41) is 0. The van der Waals surface area contributed by atoms with Crippen molar-refractivity contribution in [2.24, 2.45) is 0 Å². The van der Waals surface area contributed by atoms with Crippen LogP contribution in [-0.2, 0) is 6.54 Å². The van der Waals surface area contributed by atoms with Gasteiger partial charge in [-0.25, -0.2) is 4.98 Å². The van der Waals surface area contributed by atoms with Gasteiger partial charge in [0.05, 0.1) is 12.1 Å². The first-order valence-corrected chi connectivity index (χ1v) is 7.93. The molecule has 0 saturated heterocycles. The number of alkyl halides is 2. The highest BCUT2D eigenvalue weighted by Crippen LogP contribution is 2.26. The number of rotatable bonds is 6. The zero-order chi connectivity index (χ0) is 18.5. The summed E-state index contributed by atoms with van der Waals surface area (Å²) in [6, 6.07) is 15.9. The molecule has 0 aliphatic carbocycles. The molecule has 1 heterocycles. The molecule has 134 valence electrons. The first kappa shape index (κ1) is 17.6. The number of benzene rings is 2. The van der Waals surface area contributed by atoms with Gasteiger partial charge in [0.2, 0.25) is 0 Å². The normalized spacial score (nSPS) is 10.8. The summed E-state index contributed by atoms with van der Waals surface area (Å²) < 4.78 is 32.4. The number of halogens is 2. The van der Waals surface area contributed by atoms with E-state index in [0.717, 1.165) is 4.57 Å². The molecule has 2 aromatic carbocycles. The van der Waals surface area contributed by atoms with Crippen molar-refractivity contribution in [3.05, 3.63) is 78.4 Å². The van der Waals surface area contributed by atoms with Gasteiger partial charge in [0.1, 0.15) is 17.3 Å². The second-order valence-corrected chi connectivity index (χ2v) is 5.60. The summed E-state index contributed by atoms with van der Waals surface area (Å²) in [6.45, 7) is -2.75. The van der Waals surface area contributed by atoms with E-state index in [1.807, 2.05) is 18.2 Å². The Bertz CT molecular complexity index is 881. The number of amides is 1. The van der Waals surface area contributed by atoms with Crippen molar-refractivity contribution in [3.63, 3.8) is 0 Å². The predicted molar refractivity (Wildman–Crippen MR) is 92.2 cm³/mol. The van der Waals surface area contributed by atoms with E-state index in [0.29, 0.717) is 17.1 Å². The maximum Gasteiger partial charge on any atom is 0.319 e. The summed E-state index contributed by atoms with van der Waals surface area (Å²) in [5.41, 5.74) is 0.342. The number of ether oxygens (including phenoxy) is 1. The van der Waals surface area contributed by atoms with Gasteiger partial charge < -0.3 is 9.64 Å². The summed E-state index contributed by atoms with van der Waals surface area (Å²) in [4.78, 5) is 18.0. The predicted octanol–water partition coefficient (Wildman–Crippen LogP) is 4.34. The lowest BCUT2D eigenvalue weighted by Crippen LogP contribution is -2.28. The zero-order valence-electron chi connectivity index (χ0n) is 14.0. The van der Waals surface area contributed by atoms with E-state index in [2.05, 4.69) is 4.98 Å². The molecule has 0 spiro atoms. The molecule has 0 fully saturated rings. The average molecular weight is 357 g/mol. The number of carbonyl (C=O) groups excluding carboxylic acids is 1. The fourth-order valence-corrected chi connectivity index (χ4v) is 2.48. The average Bonchev–Trinajstić information content (AvgIpc) is 3.11. The smallest absolute Gasteiger partial charge is 0.319 e. The molecule has 0 bridgehead atoms. The second kappa shape index (κ2) is 7.77. The van der Waals surface area contributed by atoms with E-state index in [1.54, 1.807) is 36.4 Å². The molecule has 5 nitrogen and oxygen atoms in total. The number of hydrogen-bond acceptors (Lipinski definition) is 3. The molecule has 3 rings (SSSR count). The third-order valence-corrected chi connectivity index (χ3v) is 3.77. The Morgan fingerprint density at radius 1 is 1.15 bits per heavy atom. The van der Waals surface area contributed by atoms with Crippen LogP contribution in [0.5, 0.6) is 11.5 Å². The zero-order valence-corrected chi connectivity index (χ0v) is 14.0. The minimum atomic E-state index is -2.70. The Hall–Kier alpha value is -3.22. The monoisotopic (exact) mass is 357 g/mol. The van der Waals surface area contributed by atoms with Crippen LogP contribution in [0.25, 0.3) is 0 Å². The van der Waals surface area contributed by atoms with Crippen LogP contribution in [0.15, 0.2) is 67.0 Å². The van der Waals surface area contributed by atoms with Crippen molar-refractivity contribution in [2.45, 2.75) is 13.1 Å². The number of imidazole rings is 1. The minimum Gasteiger partial charge on any atom is -0.457 e. The van der Waals surface area contributed by atoms with Crippen LogP contribution < -0.4 is 4.74 Å². The van der Waals surface area contributed by atoms with Gasteiger partial charge in [-0.1, -0.05) is 30.3 Å². The van der Waals surface area contributed by atoms with Gasteiger partial charge in [0, 0.05) is 19.4 Å². The van der Waals surface area contributed by atoms with E-state index in [4.69, 9.17) is 4.74 Å². The maximum absolute atomic E-state index is 12.9. The van der Waals surface area contributed by atoms with Gasteiger partial charge in [0.15, 0.2) is 0 Å². The van der Waals surface area contributed by atoms with Gasteiger partial charge in [-0.2, -0.15) is 8.78 Å². The maximum atomic E-state index is 12.9. The van der Waals surface area contributed by atoms with Crippen LogP contribution in [0, 0.1) is 0 Å². The van der Waals surface area contributed by atoms with E-state index < -0.39 is 6.55 Å². The number of aromatic nitrogens is 2. The van der Waals surface area contributed by atoms with Crippen molar-refractivity contribution in [3.8, 4) is 11.5 Å². The standard InChI is InChI=1S/C19H17F2N3O2/c1-23(13-17-22-11-12-24(17)19(20)21)18(25)15-9-5-6-10-16(15)26-14-7-3-2-4-8-14/h2-12,19H,13H2,1H3. The molecule has 3 aromatic rings. The third-order valence-electron chi connectivity index (χ3n) is 3.77. The Kier molecular flexibility index (Phi) is 5.26. The molecule has 0 aliphatic rings. The second-order valence-electron chi connectivity index (χ2n) is 5.60. The Morgan fingerprint density at radius 2 is 1.85 bits per heavy atom. The Balaban J connectivity index is 1.80. The minimum absolute atomic E-state index is 0.0458. The van der Waals surface area contributed by atoms with E-state index in [1.165, 1.54) is 24.3 Å². The highest BCUT2D eigenvalue weighted by molar-refractivity contribution is 5.96. The molecule has 1 amide bonds. The molecular formula is C19H17F2N3O2. The van der Waals surface area contributed by atoms with Gasteiger partial charge in [-0.3, -0.25) is 9.36 Å². The van der Waals surface area contributed by atoms with E-state index in [9.17, 15) is 13.6 Å². The van der Waals surface area contributed by atoms with Crippen LogP contribution in [0.1, 0.15) is 22.7 Å². The molecule has 7 heteroatoms. The van der Waals surface area contributed by atoms with Gasteiger partial charge in [0.25, 0.3) is 5.91 Å².